The summed E-state index contributed by atoms with van der Waals surface area (Å²) in [7, 11) is 0. The van der Waals surface area contributed by atoms with Crippen LogP contribution in [0.4, 0.5) is 18.9 Å². The number of anilines is 1. The summed E-state index contributed by atoms with van der Waals surface area (Å²) in [6.07, 6.45) is -1.82. The topological polar surface area (TPSA) is 44.1 Å². The second kappa shape index (κ2) is 5.53. The molecular formula is C14H13F3N2O. The van der Waals surface area contributed by atoms with Crippen molar-refractivity contribution in [1.29, 1.82) is 5.26 Å². The van der Waals surface area contributed by atoms with Crippen molar-refractivity contribution in [3.05, 3.63) is 29.3 Å². The van der Waals surface area contributed by atoms with E-state index in [2.05, 4.69) is 0 Å². The molecule has 0 bridgehead atoms. The van der Waals surface area contributed by atoms with Gasteiger partial charge in [-0.3, -0.25) is 0 Å². The molecule has 0 N–H and O–H groups in total. The number of hydrogen-bond donors (Lipinski definition) is 0. The lowest BCUT2D eigenvalue weighted by Gasteiger charge is -2.23. The normalized spacial score (nSPS) is 14.7. The smallest absolute Gasteiger partial charge is 0.364 e. The van der Waals surface area contributed by atoms with Gasteiger partial charge in [-0.1, -0.05) is 0 Å². The van der Waals surface area contributed by atoms with Gasteiger partial charge >= 0.3 is 6.18 Å². The van der Waals surface area contributed by atoms with Crippen molar-refractivity contribution in [1.82, 2.24) is 0 Å². The number of carbonyl (C=O) groups excluding carboxylic acids is 1. The van der Waals surface area contributed by atoms with Gasteiger partial charge in [0.25, 0.3) is 0 Å². The molecule has 0 radical (unpaired) electrons. The minimum Gasteiger partial charge on any atom is -0.364 e. The zero-order valence-electron chi connectivity index (χ0n) is 10.7. The van der Waals surface area contributed by atoms with Gasteiger partial charge in [0.2, 0.25) is 0 Å². The van der Waals surface area contributed by atoms with Crippen LogP contribution in [-0.2, 0) is 11.0 Å². The Bertz CT molecular complexity index is 544. The number of nitrogens with zero attached hydrogens (tertiary/aromatic N) is 2. The van der Waals surface area contributed by atoms with E-state index in [9.17, 15) is 18.0 Å². The Hall–Kier alpha value is -2.03. The molecular weight excluding hydrogens is 269 g/mol. The molecule has 0 unspecified atom stereocenters. The van der Waals surface area contributed by atoms with Crippen LogP contribution >= 0.6 is 0 Å². The van der Waals surface area contributed by atoms with Crippen LogP contribution in [0, 0.1) is 17.2 Å². The number of benzene rings is 1. The highest BCUT2D eigenvalue weighted by atomic mass is 19.4. The third kappa shape index (κ3) is 3.29. The van der Waals surface area contributed by atoms with Crippen molar-refractivity contribution >= 4 is 12.0 Å². The third-order valence-corrected chi connectivity index (χ3v) is 3.26. The average Bonchev–Trinajstić information content (AvgIpc) is 3.20. The van der Waals surface area contributed by atoms with E-state index in [-0.39, 0.29) is 6.54 Å². The highest BCUT2D eigenvalue weighted by Crippen LogP contribution is 2.36. The summed E-state index contributed by atoms with van der Waals surface area (Å²) < 4.78 is 38.7. The molecule has 0 spiro atoms. The lowest BCUT2D eigenvalue weighted by Crippen LogP contribution is -2.28. The Labute approximate surface area is 114 Å². The number of halogens is 3. The highest BCUT2D eigenvalue weighted by molar-refractivity contribution is 5.63. The van der Waals surface area contributed by atoms with Crippen LogP contribution in [0.5, 0.6) is 0 Å². The summed E-state index contributed by atoms with van der Waals surface area (Å²) >= 11 is 0. The zero-order chi connectivity index (χ0) is 14.8. The van der Waals surface area contributed by atoms with Gasteiger partial charge in [0, 0.05) is 12.2 Å². The van der Waals surface area contributed by atoms with Gasteiger partial charge in [-0.25, -0.2) is 0 Å². The van der Waals surface area contributed by atoms with Gasteiger partial charge in [0.05, 0.1) is 23.7 Å². The minimum atomic E-state index is -4.58. The number of rotatable bonds is 5. The highest BCUT2D eigenvalue weighted by Gasteiger charge is 2.34. The van der Waals surface area contributed by atoms with Crippen LogP contribution in [0.25, 0.3) is 0 Å². The zero-order valence-corrected chi connectivity index (χ0v) is 10.7. The standard InChI is InChI=1S/C14H13F3N2O/c15-14(16,17)13-7-12(4-3-11(13)8-18)19(5-6-20)9-10-1-2-10/h3-4,6-7,10H,1-2,5,9H2. The van der Waals surface area contributed by atoms with E-state index in [4.69, 9.17) is 5.26 Å². The largest absolute Gasteiger partial charge is 0.417 e. The quantitative estimate of drug-likeness (QED) is 0.780. The van der Waals surface area contributed by atoms with E-state index >= 15 is 0 Å². The fourth-order valence-corrected chi connectivity index (χ4v) is 2.05. The van der Waals surface area contributed by atoms with Crippen molar-refractivity contribution in [3.8, 4) is 6.07 Å². The monoisotopic (exact) mass is 282 g/mol. The van der Waals surface area contributed by atoms with E-state index in [0.717, 1.165) is 25.0 Å². The van der Waals surface area contributed by atoms with Crippen molar-refractivity contribution in [3.63, 3.8) is 0 Å². The molecule has 0 amide bonds. The second-order valence-electron chi connectivity index (χ2n) is 4.85. The molecule has 1 aromatic carbocycles. The Morgan fingerprint density at radius 3 is 2.60 bits per heavy atom. The fourth-order valence-electron chi connectivity index (χ4n) is 2.05. The predicted molar refractivity (Wildman–Crippen MR) is 67.2 cm³/mol. The maximum Gasteiger partial charge on any atom is 0.417 e. The number of carbonyl (C=O) groups is 1. The lowest BCUT2D eigenvalue weighted by molar-refractivity contribution is -0.137. The van der Waals surface area contributed by atoms with E-state index < -0.39 is 17.3 Å². The summed E-state index contributed by atoms with van der Waals surface area (Å²) in [5.41, 5.74) is -1.03. The first-order valence-electron chi connectivity index (χ1n) is 6.25. The van der Waals surface area contributed by atoms with Crippen molar-refractivity contribution in [2.45, 2.75) is 19.0 Å². The van der Waals surface area contributed by atoms with Gasteiger partial charge in [0.1, 0.15) is 6.29 Å². The van der Waals surface area contributed by atoms with Gasteiger partial charge < -0.3 is 9.69 Å². The Balaban J connectivity index is 2.34. The number of hydrogen-bond acceptors (Lipinski definition) is 3. The van der Waals surface area contributed by atoms with Gasteiger partial charge in [-0.2, -0.15) is 18.4 Å². The molecule has 0 atom stereocenters. The minimum absolute atomic E-state index is 0.0553. The van der Waals surface area contributed by atoms with Crippen LogP contribution in [-0.4, -0.2) is 19.4 Å². The molecule has 20 heavy (non-hydrogen) atoms. The van der Waals surface area contributed by atoms with Crippen LogP contribution in [0.2, 0.25) is 0 Å². The number of aldehydes is 1. The second-order valence-corrected chi connectivity index (χ2v) is 4.85. The van der Waals surface area contributed by atoms with Crippen LogP contribution < -0.4 is 4.90 Å². The molecule has 2 rings (SSSR count). The van der Waals surface area contributed by atoms with Crippen LogP contribution in [0.15, 0.2) is 18.2 Å². The molecule has 1 aliphatic rings. The maximum absolute atomic E-state index is 12.9. The molecule has 1 saturated carbocycles. The first kappa shape index (κ1) is 14.4. The number of nitriles is 1. The van der Waals surface area contributed by atoms with Crippen molar-refractivity contribution in [2.75, 3.05) is 18.0 Å². The summed E-state index contributed by atoms with van der Waals surface area (Å²) in [4.78, 5) is 12.3. The van der Waals surface area contributed by atoms with Crippen LogP contribution in [0.3, 0.4) is 0 Å². The summed E-state index contributed by atoms with van der Waals surface area (Å²) in [5, 5.41) is 8.75. The molecule has 6 heteroatoms. The maximum atomic E-state index is 12.9. The third-order valence-electron chi connectivity index (χ3n) is 3.26. The molecule has 106 valence electrons. The Kier molecular flexibility index (Phi) is 3.98. The summed E-state index contributed by atoms with van der Waals surface area (Å²) in [6, 6.07) is 5.11. The SMILES string of the molecule is N#Cc1ccc(N(CC=O)CC2CC2)cc1C(F)(F)F. The van der Waals surface area contributed by atoms with Crippen molar-refractivity contribution < 1.29 is 18.0 Å². The van der Waals surface area contributed by atoms with Gasteiger partial charge in [-0.05, 0) is 37.0 Å². The van der Waals surface area contributed by atoms with E-state index in [1.165, 1.54) is 6.07 Å². The lowest BCUT2D eigenvalue weighted by atomic mass is 10.1. The predicted octanol–water partition coefficient (Wildman–Crippen LogP) is 2.99. The van der Waals surface area contributed by atoms with Crippen LogP contribution in [0.1, 0.15) is 24.0 Å². The molecule has 0 heterocycles. The van der Waals surface area contributed by atoms with Gasteiger partial charge in [0.15, 0.2) is 0 Å². The fraction of sp³-hybridized carbons (Fsp3) is 0.429. The first-order chi connectivity index (χ1) is 9.45. The molecule has 3 nitrogen and oxygen atoms in total. The number of alkyl halides is 3. The van der Waals surface area contributed by atoms with E-state index in [1.54, 1.807) is 11.0 Å². The molecule has 1 fully saturated rings. The molecule has 0 aliphatic heterocycles. The Morgan fingerprint density at radius 2 is 2.10 bits per heavy atom. The average molecular weight is 282 g/mol. The first-order valence-corrected chi connectivity index (χ1v) is 6.25. The molecule has 0 saturated heterocycles. The molecule has 1 aliphatic carbocycles. The van der Waals surface area contributed by atoms with Crippen molar-refractivity contribution in [2.24, 2.45) is 5.92 Å². The van der Waals surface area contributed by atoms with E-state index in [1.807, 2.05) is 0 Å². The van der Waals surface area contributed by atoms with Gasteiger partial charge in [-0.15, -0.1) is 0 Å². The summed E-state index contributed by atoms with van der Waals surface area (Å²) in [6.45, 7) is 0.627. The van der Waals surface area contributed by atoms with E-state index in [0.29, 0.717) is 24.4 Å². The Morgan fingerprint density at radius 1 is 1.40 bits per heavy atom. The summed E-state index contributed by atoms with van der Waals surface area (Å²) in [5.74, 6) is 0.444. The molecule has 0 aromatic heterocycles. The molecule has 1 aromatic rings.